The van der Waals surface area contributed by atoms with Gasteiger partial charge in [-0.3, -0.25) is 9.59 Å². The second-order valence-corrected chi connectivity index (χ2v) is 8.82. The maximum atomic E-state index is 13.6. The lowest BCUT2D eigenvalue weighted by Crippen LogP contribution is -2.64. The van der Waals surface area contributed by atoms with Crippen molar-refractivity contribution in [1.82, 2.24) is 14.8 Å². The van der Waals surface area contributed by atoms with Crippen LogP contribution in [0.25, 0.3) is 10.9 Å². The van der Waals surface area contributed by atoms with Crippen LogP contribution in [0, 0.1) is 0 Å². The number of nitrogens with zero attached hydrogens (tertiary/aromatic N) is 2. The molecule has 0 spiro atoms. The molecule has 3 atom stereocenters. The molecule has 3 aromatic rings. The zero-order valence-corrected chi connectivity index (χ0v) is 19.0. The van der Waals surface area contributed by atoms with E-state index in [0.717, 1.165) is 34.1 Å². The second-order valence-electron chi connectivity index (χ2n) is 8.82. The molecule has 1 aromatic heterocycles. The number of aromatic amines is 1. The highest BCUT2D eigenvalue weighted by Crippen LogP contribution is 2.42. The van der Waals surface area contributed by atoms with Gasteiger partial charge in [-0.15, -0.1) is 0 Å². The van der Waals surface area contributed by atoms with Crippen molar-refractivity contribution < 1.29 is 19.1 Å². The number of aromatic nitrogens is 1. The molecular formula is C26H27N3O4. The van der Waals surface area contributed by atoms with Crippen LogP contribution in [0.3, 0.4) is 0 Å². The normalized spacial score (nSPS) is 21.1. The highest BCUT2D eigenvalue weighted by Gasteiger charge is 2.48. The van der Waals surface area contributed by atoms with E-state index in [4.69, 9.17) is 4.74 Å². The predicted molar refractivity (Wildman–Crippen MR) is 124 cm³/mol. The maximum Gasteiger partial charge on any atom is 0.337 e. The highest BCUT2D eigenvalue weighted by atomic mass is 16.5. The van der Waals surface area contributed by atoms with Gasteiger partial charge in [-0.05, 0) is 42.7 Å². The van der Waals surface area contributed by atoms with Gasteiger partial charge in [-0.25, -0.2) is 4.79 Å². The molecule has 170 valence electrons. The van der Waals surface area contributed by atoms with Crippen molar-refractivity contribution in [3.8, 4) is 0 Å². The van der Waals surface area contributed by atoms with Crippen molar-refractivity contribution in [2.24, 2.45) is 0 Å². The molecule has 0 aliphatic carbocycles. The molecule has 2 aliphatic rings. The number of H-pyrrole nitrogens is 1. The van der Waals surface area contributed by atoms with Crippen molar-refractivity contribution in [1.29, 1.82) is 0 Å². The predicted octanol–water partition coefficient (Wildman–Crippen LogP) is 3.44. The number of para-hydroxylation sites is 1. The number of esters is 1. The lowest BCUT2D eigenvalue weighted by atomic mass is 9.85. The highest BCUT2D eigenvalue weighted by molar-refractivity contribution is 5.98. The van der Waals surface area contributed by atoms with Crippen LogP contribution < -0.4 is 0 Å². The second kappa shape index (κ2) is 8.06. The standard InChI is InChI=1S/C26H27N3O4/c1-4-15(2)28-14-22(30)29-21(25(28)31)13-19-18-7-5-6-8-20(18)27-23(19)24(29)16-9-11-17(12-10-16)26(32)33-3/h5-12,15,21,24,27H,4,13-14H2,1-3H3/t15-,21+,24-/m1/s1. The molecule has 3 heterocycles. The molecule has 2 amide bonds. The first-order valence-electron chi connectivity index (χ1n) is 11.3. The molecule has 7 heteroatoms. The topological polar surface area (TPSA) is 82.7 Å². The van der Waals surface area contributed by atoms with Gasteiger partial charge in [0.15, 0.2) is 0 Å². The monoisotopic (exact) mass is 445 g/mol. The Hall–Kier alpha value is -3.61. The number of hydrogen-bond donors (Lipinski definition) is 1. The van der Waals surface area contributed by atoms with Crippen molar-refractivity contribution in [2.45, 2.75) is 44.8 Å². The Morgan fingerprint density at radius 3 is 2.58 bits per heavy atom. The zero-order chi connectivity index (χ0) is 23.3. The smallest absolute Gasteiger partial charge is 0.337 e. The number of rotatable bonds is 4. The Balaban J connectivity index is 1.66. The summed E-state index contributed by atoms with van der Waals surface area (Å²) >= 11 is 0. The molecule has 0 bridgehead atoms. The van der Waals surface area contributed by atoms with Crippen molar-refractivity contribution in [2.75, 3.05) is 13.7 Å². The van der Waals surface area contributed by atoms with Gasteiger partial charge in [0, 0.05) is 29.1 Å². The number of benzene rings is 2. The summed E-state index contributed by atoms with van der Waals surface area (Å²) < 4.78 is 4.82. The Kier molecular flexibility index (Phi) is 5.19. The molecule has 0 saturated carbocycles. The van der Waals surface area contributed by atoms with Crippen LogP contribution in [0.4, 0.5) is 0 Å². The van der Waals surface area contributed by atoms with Crippen LogP contribution in [0.1, 0.15) is 53.5 Å². The minimum absolute atomic E-state index is 0.00365. The van der Waals surface area contributed by atoms with E-state index in [1.54, 1.807) is 21.9 Å². The number of methoxy groups -OCH3 is 1. The summed E-state index contributed by atoms with van der Waals surface area (Å²) in [5.41, 5.74) is 4.27. The summed E-state index contributed by atoms with van der Waals surface area (Å²) in [7, 11) is 1.35. The largest absolute Gasteiger partial charge is 0.465 e. The average Bonchev–Trinajstić information content (AvgIpc) is 3.22. The number of ether oxygens (including phenoxy) is 1. The van der Waals surface area contributed by atoms with Gasteiger partial charge >= 0.3 is 5.97 Å². The van der Waals surface area contributed by atoms with E-state index in [-0.39, 0.29) is 24.4 Å². The Bertz CT molecular complexity index is 1250. The van der Waals surface area contributed by atoms with Crippen LogP contribution in [0.5, 0.6) is 0 Å². The van der Waals surface area contributed by atoms with E-state index in [1.807, 2.05) is 44.2 Å². The maximum absolute atomic E-state index is 13.6. The number of nitrogens with one attached hydrogen (secondary N) is 1. The molecule has 2 aromatic carbocycles. The molecule has 1 saturated heterocycles. The van der Waals surface area contributed by atoms with Crippen LogP contribution in [0.15, 0.2) is 48.5 Å². The third-order valence-corrected chi connectivity index (χ3v) is 7.06. The molecule has 5 rings (SSSR count). The van der Waals surface area contributed by atoms with Gasteiger partial charge in [0.05, 0.1) is 18.7 Å². The van der Waals surface area contributed by atoms with Crippen LogP contribution in [-0.4, -0.2) is 58.3 Å². The Labute approximate surface area is 192 Å². The minimum atomic E-state index is -0.558. The van der Waals surface area contributed by atoms with E-state index in [2.05, 4.69) is 11.1 Å². The van der Waals surface area contributed by atoms with E-state index in [0.29, 0.717) is 12.0 Å². The van der Waals surface area contributed by atoms with E-state index in [1.165, 1.54) is 7.11 Å². The summed E-state index contributed by atoms with van der Waals surface area (Å²) in [6.45, 7) is 4.10. The molecule has 1 fully saturated rings. The first kappa shape index (κ1) is 21.2. The van der Waals surface area contributed by atoms with E-state index >= 15 is 0 Å². The number of fused-ring (bicyclic) bond motifs is 4. The number of hydrogen-bond acceptors (Lipinski definition) is 4. The van der Waals surface area contributed by atoms with E-state index in [9.17, 15) is 14.4 Å². The molecule has 2 aliphatic heterocycles. The van der Waals surface area contributed by atoms with Gasteiger partial charge < -0.3 is 19.5 Å². The fourth-order valence-corrected chi connectivity index (χ4v) is 5.15. The zero-order valence-electron chi connectivity index (χ0n) is 19.0. The molecule has 0 radical (unpaired) electrons. The van der Waals surface area contributed by atoms with E-state index < -0.39 is 18.1 Å². The van der Waals surface area contributed by atoms with Crippen LogP contribution in [0.2, 0.25) is 0 Å². The summed E-state index contributed by atoms with van der Waals surface area (Å²) in [5.74, 6) is -0.481. The molecule has 7 nitrogen and oxygen atoms in total. The van der Waals surface area contributed by atoms with Crippen molar-refractivity contribution in [3.63, 3.8) is 0 Å². The number of carbonyl (C=O) groups excluding carboxylic acids is 3. The Morgan fingerprint density at radius 1 is 1.15 bits per heavy atom. The fraction of sp³-hybridized carbons (Fsp3) is 0.346. The van der Waals surface area contributed by atoms with Crippen molar-refractivity contribution >= 4 is 28.7 Å². The van der Waals surface area contributed by atoms with Crippen LogP contribution >= 0.6 is 0 Å². The summed E-state index contributed by atoms with van der Waals surface area (Å²) in [5, 5.41) is 1.07. The fourth-order valence-electron chi connectivity index (χ4n) is 5.15. The summed E-state index contributed by atoms with van der Waals surface area (Å²) in [4.78, 5) is 46.0. The van der Waals surface area contributed by atoms with Gasteiger partial charge in [-0.2, -0.15) is 0 Å². The average molecular weight is 446 g/mol. The first-order chi connectivity index (χ1) is 15.9. The van der Waals surface area contributed by atoms with Gasteiger partial charge in [-0.1, -0.05) is 37.3 Å². The number of amides is 2. The summed E-state index contributed by atoms with van der Waals surface area (Å²) in [6, 6.07) is 14.1. The van der Waals surface area contributed by atoms with Gasteiger partial charge in [0.1, 0.15) is 12.6 Å². The lowest BCUT2D eigenvalue weighted by Gasteiger charge is -2.48. The molecular weight excluding hydrogens is 418 g/mol. The molecule has 0 unspecified atom stereocenters. The first-order valence-corrected chi connectivity index (χ1v) is 11.3. The van der Waals surface area contributed by atoms with Gasteiger partial charge in [0.25, 0.3) is 0 Å². The third-order valence-electron chi connectivity index (χ3n) is 7.06. The quantitative estimate of drug-likeness (QED) is 0.624. The third kappa shape index (κ3) is 3.30. The Morgan fingerprint density at radius 2 is 1.88 bits per heavy atom. The minimum Gasteiger partial charge on any atom is -0.465 e. The SMILES string of the molecule is CC[C@@H](C)N1CC(=O)N2[C@H](c3ccc(C(=O)OC)cc3)c3[nH]c4ccccc4c3C[C@H]2C1=O. The molecule has 1 N–H and O–H groups in total. The van der Waals surface area contributed by atoms with Gasteiger partial charge in [0.2, 0.25) is 11.8 Å². The van der Waals surface area contributed by atoms with Crippen LogP contribution in [-0.2, 0) is 20.7 Å². The van der Waals surface area contributed by atoms with Crippen molar-refractivity contribution in [3.05, 3.63) is 70.9 Å². The number of carbonyl (C=O) groups is 3. The number of piperazine rings is 1. The molecule has 33 heavy (non-hydrogen) atoms. The lowest BCUT2D eigenvalue weighted by molar-refractivity contribution is -0.160. The summed E-state index contributed by atoms with van der Waals surface area (Å²) in [6.07, 6.45) is 1.27.